The highest BCUT2D eigenvalue weighted by molar-refractivity contribution is 7.10. The minimum Gasteiger partial charge on any atom is -0.285 e. The molecule has 0 amide bonds. The molecule has 0 unspecified atom stereocenters. The summed E-state index contributed by atoms with van der Waals surface area (Å²) >= 11 is 1.56. The maximum Gasteiger partial charge on any atom is 0.245 e. The third-order valence-corrected chi connectivity index (χ3v) is 3.25. The second-order valence-electron chi connectivity index (χ2n) is 3.26. The molecule has 2 aromatic rings. The van der Waals surface area contributed by atoms with Gasteiger partial charge in [-0.1, -0.05) is 0 Å². The lowest BCUT2D eigenvalue weighted by Crippen LogP contribution is -2.05. The monoisotopic (exact) mass is 222 g/mol. The van der Waals surface area contributed by atoms with E-state index in [0.717, 1.165) is 10.4 Å². The Labute approximate surface area is 90.7 Å². The van der Waals surface area contributed by atoms with Gasteiger partial charge in [0.25, 0.3) is 0 Å². The lowest BCUT2D eigenvalue weighted by atomic mass is 10.1. The normalized spacial score (nSPS) is 10.6. The topological polar surface area (TPSA) is 60.7 Å². The number of hydrogen-bond acceptors (Lipinski definition) is 5. The number of thiophene rings is 1. The van der Waals surface area contributed by atoms with Gasteiger partial charge in [0.2, 0.25) is 11.6 Å². The van der Waals surface area contributed by atoms with Crippen LogP contribution in [0.5, 0.6) is 0 Å². The van der Waals surface area contributed by atoms with Gasteiger partial charge >= 0.3 is 0 Å². The van der Waals surface area contributed by atoms with Gasteiger partial charge in [-0.25, -0.2) is 0 Å². The van der Waals surface area contributed by atoms with E-state index in [9.17, 15) is 4.79 Å². The zero-order chi connectivity index (χ0) is 11.0. The summed E-state index contributed by atoms with van der Waals surface area (Å²) in [5.74, 6) is -0.0108. The van der Waals surface area contributed by atoms with Crippen LogP contribution >= 0.6 is 11.3 Å². The SMILES string of the molecule is Cc1scc(C(=O)c2nnn(C)n2)c1C. The fourth-order valence-electron chi connectivity index (χ4n) is 1.23. The Morgan fingerprint density at radius 1 is 1.47 bits per heavy atom. The predicted octanol–water partition coefficient (Wildman–Crippen LogP) is 1.12. The second kappa shape index (κ2) is 3.54. The van der Waals surface area contributed by atoms with Gasteiger partial charge < -0.3 is 0 Å². The van der Waals surface area contributed by atoms with E-state index in [-0.39, 0.29) is 11.6 Å². The molecule has 2 rings (SSSR count). The molecule has 0 aliphatic rings. The maximum absolute atomic E-state index is 11.9. The number of ketones is 1. The van der Waals surface area contributed by atoms with Gasteiger partial charge in [-0.2, -0.15) is 4.80 Å². The smallest absolute Gasteiger partial charge is 0.245 e. The van der Waals surface area contributed by atoms with E-state index in [4.69, 9.17) is 0 Å². The highest BCUT2D eigenvalue weighted by Crippen LogP contribution is 2.21. The van der Waals surface area contributed by atoms with Crippen LogP contribution in [0.15, 0.2) is 5.38 Å². The molecule has 0 radical (unpaired) electrons. The average molecular weight is 222 g/mol. The van der Waals surface area contributed by atoms with E-state index >= 15 is 0 Å². The van der Waals surface area contributed by atoms with Gasteiger partial charge in [-0.05, 0) is 24.6 Å². The minimum atomic E-state index is -0.162. The van der Waals surface area contributed by atoms with E-state index in [1.807, 2.05) is 19.2 Å². The quantitative estimate of drug-likeness (QED) is 0.714. The fraction of sp³-hybridized carbons (Fsp3) is 0.333. The van der Waals surface area contributed by atoms with Crippen molar-refractivity contribution in [2.24, 2.45) is 7.05 Å². The van der Waals surface area contributed by atoms with Gasteiger partial charge in [-0.3, -0.25) is 4.79 Å². The van der Waals surface area contributed by atoms with Crippen LogP contribution in [0.3, 0.4) is 0 Å². The van der Waals surface area contributed by atoms with E-state index < -0.39 is 0 Å². The molecule has 0 spiro atoms. The van der Waals surface area contributed by atoms with Crippen molar-refractivity contribution in [2.75, 3.05) is 0 Å². The first-order valence-corrected chi connectivity index (χ1v) is 5.31. The summed E-state index contributed by atoms with van der Waals surface area (Å²) in [6.45, 7) is 3.91. The van der Waals surface area contributed by atoms with Crippen molar-refractivity contribution >= 4 is 17.1 Å². The van der Waals surface area contributed by atoms with Gasteiger partial charge in [0.1, 0.15) is 0 Å². The number of tetrazole rings is 1. The van der Waals surface area contributed by atoms with Crippen LogP contribution < -0.4 is 0 Å². The molecule has 0 saturated heterocycles. The van der Waals surface area contributed by atoms with Crippen LogP contribution in [0, 0.1) is 13.8 Å². The zero-order valence-corrected chi connectivity index (χ0v) is 9.50. The molecule has 0 fully saturated rings. The van der Waals surface area contributed by atoms with Crippen LogP contribution in [-0.4, -0.2) is 26.0 Å². The van der Waals surface area contributed by atoms with Crippen molar-refractivity contribution < 1.29 is 4.79 Å². The van der Waals surface area contributed by atoms with Crippen LogP contribution in [0.2, 0.25) is 0 Å². The molecule has 78 valence electrons. The third-order valence-electron chi connectivity index (χ3n) is 2.24. The number of carbonyl (C=O) groups is 1. The lowest BCUT2D eigenvalue weighted by Gasteiger charge is -1.94. The number of nitrogens with zero attached hydrogens (tertiary/aromatic N) is 4. The Morgan fingerprint density at radius 2 is 2.20 bits per heavy atom. The van der Waals surface area contributed by atoms with E-state index in [2.05, 4.69) is 15.4 Å². The minimum absolute atomic E-state index is 0.151. The van der Waals surface area contributed by atoms with Gasteiger partial charge in [0.05, 0.1) is 7.05 Å². The lowest BCUT2D eigenvalue weighted by molar-refractivity contribution is 0.102. The molecule has 2 aromatic heterocycles. The van der Waals surface area contributed by atoms with Crippen molar-refractivity contribution in [1.82, 2.24) is 20.2 Å². The maximum atomic E-state index is 11.9. The summed E-state index contributed by atoms with van der Waals surface area (Å²) in [5.41, 5.74) is 1.67. The summed E-state index contributed by atoms with van der Waals surface area (Å²) in [6, 6.07) is 0. The Hall–Kier alpha value is -1.56. The molecule has 15 heavy (non-hydrogen) atoms. The number of hydrogen-bond donors (Lipinski definition) is 0. The van der Waals surface area contributed by atoms with Crippen molar-refractivity contribution in [1.29, 1.82) is 0 Å². The molecule has 6 heteroatoms. The van der Waals surface area contributed by atoms with Gasteiger partial charge in [0.15, 0.2) is 0 Å². The molecule has 0 saturated carbocycles. The summed E-state index contributed by atoms with van der Waals surface area (Å²) in [7, 11) is 1.63. The van der Waals surface area contributed by atoms with Crippen LogP contribution in [0.4, 0.5) is 0 Å². The van der Waals surface area contributed by atoms with Crippen LogP contribution in [-0.2, 0) is 7.05 Å². The number of carbonyl (C=O) groups excluding carboxylic acids is 1. The highest BCUT2D eigenvalue weighted by Gasteiger charge is 2.18. The first-order chi connectivity index (χ1) is 7.09. The van der Waals surface area contributed by atoms with Gasteiger partial charge in [0, 0.05) is 15.8 Å². The second-order valence-corrected chi connectivity index (χ2v) is 4.35. The summed E-state index contributed by atoms with van der Waals surface area (Å²) in [5, 5.41) is 13.1. The molecule has 2 heterocycles. The summed E-state index contributed by atoms with van der Waals surface area (Å²) in [4.78, 5) is 14.3. The van der Waals surface area contributed by atoms with Crippen LogP contribution in [0.25, 0.3) is 0 Å². The Bertz CT molecular complexity index is 514. The summed E-state index contributed by atoms with van der Waals surface area (Å²) in [6.07, 6.45) is 0. The van der Waals surface area contributed by atoms with Crippen molar-refractivity contribution in [2.45, 2.75) is 13.8 Å². The average Bonchev–Trinajstić information content (AvgIpc) is 2.75. The first kappa shape index (κ1) is 9.97. The number of rotatable bonds is 2. The van der Waals surface area contributed by atoms with E-state index in [0.29, 0.717) is 5.56 Å². The van der Waals surface area contributed by atoms with Crippen molar-refractivity contribution in [3.05, 3.63) is 27.2 Å². The molecular weight excluding hydrogens is 212 g/mol. The molecule has 0 aliphatic carbocycles. The molecule has 0 aromatic carbocycles. The molecular formula is C9H10N4OS. The van der Waals surface area contributed by atoms with Crippen molar-refractivity contribution in [3.8, 4) is 0 Å². The first-order valence-electron chi connectivity index (χ1n) is 4.43. The Kier molecular flexibility index (Phi) is 2.36. The molecule has 0 bridgehead atoms. The predicted molar refractivity (Wildman–Crippen MR) is 56.0 cm³/mol. The Balaban J connectivity index is 2.41. The van der Waals surface area contributed by atoms with Gasteiger partial charge in [-0.15, -0.1) is 21.5 Å². The van der Waals surface area contributed by atoms with Crippen LogP contribution in [0.1, 0.15) is 26.6 Å². The summed E-state index contributed by atoms with van der Waals surface area (Å²) < 4.78 is 0. The largest absolute Gasteiger partial charge is 0.285 e. The standard InChI is InChI=1S/C9H10N4OS/c1-5-6(2)15-4-7(5)8(14)9-10-12-13(3)11-9/h4H,1-3H3. The molecule has 0 atom stereocenters. The molecule has 0 N–H and O–H groups in total. The molecule has 5 nitrogen and oxygen atoms in total. The number of aromatic nitrogens is 4. The zero-order valence-electron chi connectivity index (χ0n) is 8.68. The highest BCUT2D eigenvalue weighted by atomic mass is 32.1. The Morgan fingerprint density at radius 3 is 2.67 bits per heavy atom. The fourth-order valence-corrected chi connectivity index (χ4v) is 2.10. The van der Waals surface area contributed by atoms with E-state index in [1.165, 1.54) is 4.80 Å². The third kappa shape index (κ3) is 1.68. The van der Waals surface area contributed by atoms with Crippen molar-refractivity contribution in [3.63, 3.8) is 0 Å². The molecule has 0 aliphatic heterocycles. The number of aryl methyl sites for hydroxylation is 2. The van der Waals surface area contributed by atoms with E-state index in [1.54, 1.807) is 18.4 Å².